The van der Waals surface area contributed by atoms with E-state index in [4.69, 9.17) is 5.73 Å². The van der Waals surface area contributed by atoms with Gasteiger partial charge in [0.25, 0.3) is 0 Å². The molecule has 2 atom stereocenters. The van der Waals surface area contributed by atoms with Gasteiger partial charge in [-0.05, 0) is 44.2 Å². The fourth-order valence-corrected chi connectivity index (χ4v) is 4.06. The smallest absolute Gasteiger partial charge is 0.0247 e. The summed E-state index contributed by atoms with van der Waals surface area (Å²) in [5.74, 6) is 0. The van der Waals surface area contributed by atoms with Crippen LogP contribution < -0.4 is 5.73 Å². The summed E-state index contributed by atoms with van der Waals surface area (Å²) in [5, 5.41) is 0. The third-order valence-corrected chi connectivity index (χ3v) is 5.86. The molecule has 1 aliphatic heterocycles. The minimum Gasteiger partial charge on any atom is -0.326 e. The van der Waals surface area contributed by atoms with Crippen molar-refractivity contribution >= 4 is 0 Å². The van der Waals surface area contributed by atoms with Crippen molar-refractivity contribution in [3.05, 3.63) is 0 Å². The maximum absolute atomic E-state index is 6.40. The zero-order valence-electron chi connectivity index (χ0n) is 12.5. The average molecular weight is 252 g/mol. The summed E-state index contributed by atoms with van der Waals surface area (Å²) in [5.41, 5.74) is 7.04. The lowest BCUT2D eigenvalue weighted by molar-refractivity contribution is 0.0548. The van der Waals surface area contributed by atoms with Gasteiger partial charge in [-0.3, -0.25) is 4.90 Å². The van der Waals surface area contributed by atoms with E-state index < -0.39 is 0 Å². The standard InChI is InChI=1S/C16H32N2/c1-3-16(4-2)10-12-18(13-11-16)15-9-7-5-6-8-14(15)17/h14-15H,3-13,17H2,1-2H3. The summed E-state index contributed by atoms with van der Waals surface area (Å²) in [6.07, 6.45) is 12.2. The topological polar surface area (TPSA) is 29.3 Å². The molecule has 0 amide bonds. The first-order chi connectivity index (χ1) is 8.71. The Morgan fingerprint density at radius 2 is 1.61 bits per heavy atom. The minimum absolute atomic E-state index is 0.434. The molecule has 1 saturated heterocycles. The second-order valence-electron chi connectivity index (χ2n) is 6.61. The van der Waals surface area contributed by atoms with E-state index in [1.165, 1.54) is 70.9 Å². The van der Waals surface area contributed by atoms with E-state index in [1.807, 2.05) is 0 Å². The summed E-state index contributed by atoms with van der Waals surface area (Å²) < 4.78 is 0. The Balaban J connectivity index is 1.91. The number of nitrogens with two attached hydrogens (primary N) is 1. The molecule has 2 N–H and O–H groups in total. The zero-order chi connectivity index (χ0) is 13.0. The van der Waals surface area contributed by atoms with Crippen molar-refractivity contribution in [2.75, 3.05) is 13.1 Å². The maximum Gasteiger partial charge on any atom is 0.0247 e. The van der Waals surface area contributed by atoms with E-state index in [0.29, 0.717) is 17.5 Å². The van der Waals surface area contributed by atoms with Gasteiger partial charge in [-0.15, -0.1) is 0 Å². The third kappa shape index (κ3) is 3.08. The van der Waals surface area contributed by atoms with E-state index in [0.717, 1.165) is 0 Å². The summed E-state index contributed by atoms with van der Waals surface area (Å²) in [7, 11) is 0. The van der Waals surface area contributed by atoms with Gasteiger partial charge in [-0.25, -0.2) is 0 Å². The van der Waals surface area contributed by atoms with E-state index in [-0.39, 0.29) is 0 Å². The molecule has 0 spiro atoms. The Morgan fingerprint density at radius 1 is 1.00 bits per heavy atom. The molecule has 2 rings (SSSR count). The molecule has 2 aliphatic rings. The highest BCUT2D eigenvalue weighted by molar-refractivity contribution is 4.90. The van der Waals surface area contributed by atoms with Crippen LogP contribution in [0.4, 0.5) is 0 Å². The molecular weight excluding hydrogens is 220 g/mol. The van der Waals surface area contributed by atoms with E-state index >= 15 is 0 Å². The number of rotatable bonds is 3. The van der Waals surface area contributed by atoms with Crippen molar-refractivity contribution in [3.8, 4) is 0 Å². The van der Waals surface area contributed by atoms with Crippen molar-refractivity contribution in [1.29, 1.82) is 0 Å². The Labute approximate surface area is 113 Å². The van der Waals surface area contributed by atoms with Crippen LogP contribution in [0.5, 0.6) is 0 Å². The van der Waals surface area contributed by atoms with E-state index in [2.05, 4.69) is 18.7 Å². The molecule has 0 aromatic heterocycles. The molecule has 2 nitrogen and oxygen atoms in total. The van der Waals surface area contributed by atoms with Gasteiger partial charge in [-0.2, -0.15) is 0 Å². The molecular formula is C16H32N2. The fraction of sp³-hybridized carbons (Fsp3) is 1.00. The summed E-state index contributed by atoms with van der Waals surface area (Å²) in [6, 6.07) is 1.11. The second kappa shape index (κ2) is 6.38. The van der Waals surface area contributed by atoms with Gasteiger partial charge in [-0.1, -0.05) is 46.0 Å². The quantitative estimate of drug-likeness (QED) is 0.778. The van der Waals surface area contributed by atoms with Crippen molar-refractivity contribution < 1.29 is 0 Å². The van der Waals surface area contributed by atoms with Gasteiger partial charge in [0.1, 0.15) is 0 Å². The van der Waals surface area contributed by atoms with Crippen LogP contribution in [0.25, 0.3) is 0 Å². The summed E-state index contributed by atoms with van der Waals surface area (Å²) >= 11 is 0. The average Bonchev–Trinajstić information content (AvgIpc) is 2.64. The van der Waals surface area contributed by atoms with Crippen molar-refractivity contribution in [2.45, 2.75) is 83.7 Å². The van der Waals surface area contributed by atoms with Crippen LogP contribution in [-0.2, 0) is 0 Å². The molecule has 1 heterocycles. The number of likely N-dealkylation sites (tertiary alicyclic amines) is 1. The van der Waals surface area contributed by atoms with Crippen LogP contribution in [0, 0.1) is 5.41 Å². The zero-order valence-corrected chi connectivity index (χ0v) is 12.5. The van der Waals surface area contributed by atoms with E-state index in [9.17, 15) is 0 Å². The van der Waals surface area contributed by atoms with Gasteiger partial charge in [0.15, 0.2) is 0 Å². The first kappa shape index (κ1) is 14.3. The number of nitrogens with zero attached hydrogens (tertiary/aromatic N) is 1. The molecule has 18 heavy (non-hydrogen) atoms. The van der Waals surface area contributed by atoms with Crippen LogP contribution in [0.2, 0.25) is 0 Å². The molecule has 0 bridgehead atoms. The van der Waals surface area contributed by atoms with Gasteiger partial charge < -0.3 is 5.73 Å². The first-order valence-electron chi connectivity index (χ1n) is 8.20. The molecule has 0 aromatic rings. The molecule has 2 heteroatoms. The fourth-order valence-electron chi connectivity index (χ4n) is 4.06. The Hall–Kier alpha value is -0.0800. The third-order valence-electron chi connectivity index (χ3n) is 5.86. The predicted molar refractivity (Wildman–Crippen MR) is 78.7 cm³/mol. The Kier molecular flexibility index (Phi) is 5.08. The first-order valence-corrected chi connectivity index (χ1v) is 8.20. The van der Waals surface area contributed by atoms with Crippen LogP contribution in [0.3, 0.4) is 0 Å². The van der Waals surface area contributed by atoms with Crippen molar-refractivity contribution in [3.63, 3.8) is 0 Å². The number of hydrogen-bond acceptors (Lipinski definition) is 2. The summed E-state index contributed by atoms with van der Waals surface area (Å²) in [4.78, 5) is 2.72. The van der Waals surface area contributed by atoms with Crippen molar-refractivity contribution in [2.24, 2.45) is 11.1 Å². The number of piperidine rings is 1. The SMILES string of the molecule is CCC1(CC)CCN(C2CCCCCC2N)CC1. The van der Waals surface area contributed by atoms with Gasteiger partial charge in [0, 0.05) is 12.1 Å². The van der Waals surface area contributed by atoms with Gasteiger partial charge in [0.05, 0.1) is 0 Å². The van der Waals surface area contributed by atoms with E-state index in [1.54, 1.807) is 0 Å². The molecule has 106 valence electrons. The van der Waals surface area contributed by atoms with Crippen LogP contribution in [0.15, 0.2) is 0 Å². The van der Waals surface area contributed by atoms with Gasteiger partial charge in [0.2, 0.25) is 0 Å². The maximum atomic E-state index is 6.40. The molecule has 2 unspecified atom stereocenters. The lowest BCUT2D eigenvalue weighted by atomic mass is 9.73. The monoisotopic (exact) mass is 252 g/mol. The summed E-state index contributed by atoms with van der Waals surface area (Å²) in [6.45, 7) is 7.33. The minimum atomic E-state index is 0.434. The normalized spacial score (nSPS) is 34.2. The molecule has 2 fully saturated rings. The van der Waals surface area contributed by atoms with Crippen LogP contribution >= 0.6 is 0 Å². The highest BCUT2D eigenvalue weighted by Gasteiger charge is 2.35. The molecule has 0 aromatic carbocycles. The molecule has 0 radical (unpaired) electrons. The molecule has 1 saturated carbocycles. The largest absolute Gasteiger partial charge is 0.326 e. The van der Waals surface area contributed by atoms with Crippen LogP contribution in [0.1, 0.15) is 71.6 Å². The highest BCUT2D eigenvalue weighted by Crippen LogP contribution is 2.39. The van der Waals surface area contributed by atoms with Crippen molar-refractivity contribution in [1.82, 2.24) is 4.90 Å². The molecule has 1 aliphatic carbocycles. The predicted octanol–water partition coefficient (Wildman–Crippen LogP) is 3.55. The highest BCUT2D eigenvalue weighted by atomic mass is 15.2. The number of hydrogen-bond donors (Lipinski definition) is 1. The second-order valence-corrected chi connectivity index (χ2v) is 6.61. The van der Waals surface area contributed by atoms with Gasteiger partial charge >= 0.3 is 0 Å². The lowest BCUT2D eigenvalue weighted by Crippen LogP contribution is -2.51. The van der Waals surface area contributed by atoms with Crippen LogP contribution in [-0.4, -0.2) is 30.1 Å². The Bertz CT molecular complexity index is 237. The Morgan fingerprint density at radius 3 is 2.22 bits per heavy atom. The lowest BCUT2D eigenvalue weighted by Gasteiger charge is -2.45.